The third-order valence-electron chi connectivity index (χ3n) is 3.46. The van der Waals surface area contributed by atoms with Crippen LogP contribution in [0.25, 0.3) is 11.5 Å². The summed E-state index contributed by atoms with van der Waals surface area (Å²) < 4.78 is 38.5. The molecular weight excluding hydrogens is 320 g/mol. The largest absolute Gasteiger partial charge is 0.488 e. The molecule has 1 aromatic carbocycles. The molecule has 0 N–H and O–H groups in total. The van der Waals surface area contributed by atoms with E-state index in [0.29, 0.717) is 18.3 Å². The molecule has 0 saturated carbocycles. The lowest BCUT2D eigenvalue weighted by Crippen LogP contribution is -2.15. The molecular formula is C15H18N2O5S. The van der Waals surface area contributed by atoms with Crippen molar-refractivity contribution < 1.29 is 22.4 Å². The van der Waals surface area contributed by atoms with Gasteiger partial charge in [-0.2, -0.15) is 4.98 Å². The molecule has 2 aromatic rings. The van der Waals surface area contributed by atoms with Crippen molar-refractivity contribution >= 4 is 9.84 Å². The number of benzene rings is 1. The lowest BCUT2D eigenvalue weighted by atomic mass is 10.2. The van der Waals surface area contributed by atoms with E-state index in [1.165, 1.54) is 6.26 Å². The third-order valence-corrected chi connectivity index (χ3v) is 4.40. The first-order valence-corrected chi connectivity index (χ1v) is 9.41. The van der Waals surface area contributed by atoms with E-state index in [2.05, 4.69) is 10.1 Å². The van der Waals surface area contributed by atoms with Gasteiger partial charge < -0.3 is 14.0 Å². The number of nitrogens with zero attached hydrogens (tertiary/aromatic N) is 2. The number of hydrogen-bond donors (Lipinski definition) is 0. The molecule has 124 valence electrons. The van der Waals surface area contributed by atoms with Gasteiger partial charge in [0.2, 0.25) is 0 Å². The van der Waals surface area contributed by atoms with Crippen LogP contribution in [0.4, 0.5) is 0 Å². The maximum absolute atomic E-state index is 11.2. The van der Waals surface area contributed by atoms with Crippen LogP contribution >= 0.6 is 0 Å². The zero-order valence-corrected chi connectivity index (χ0v) is 13.6. The molecule has 0 aliphatic carbocycles. The molecule has 1 aliphatic heterocycles. The van der Waals surface area contributed by atoms with Crippen LogP contribution < -0.4 is 4.74 Å². The summed E-state index contributed by atoms with van der Waals surface area (Å²) in [4.78, 5) is 4.21. The Morgan fingerprint density at radius 2 is 2.09 bits per heavy atom. The molecule has 7 nitrogen and oxygen atoms in total. The van der Waals surface area contributed by atoms with Crippen molar-refractivity contribution in [2.24, 2.45) is 0 Å². The van der Waals surface area contributed by atoms with Gasteiger partial charge >= 0.3 is 0 Å². The van der Waals surface area contributed by atoms with Gasteiger partial charge in [-0.25, -0.2) is 8.42 Å². The van der Waals surface area contributed by atoms with Gasteiger partial charge in [-0.1, -0.05) is 5.16 Å². The SMILES string of the molecule is CS(=O)(=O)CCc1noc(-c2ccc(OC3CCOC3)cc2)n1. The minimum absolute atomic E-state index is 0.00219. The topological polar surface area (TPSA) is 91.5 Å². The number of hydrogen-bond acceptors (Lipinski definition) is 7. The van der Waals surface area contributed by atoms with Crippen LogP contribution in [0.1, 0.15) is 12.2 Å². The number of sulfone groups is 1. The van der Waals surface area contributed by atoms with E-state index in [1.54, 1.807) is 0 Å². The smallest absolute Gasteiger partial charge is 0.257 e. The van der Waals surface area contributed by atoms with Crippen LogP contribution in [0, 0.1) is 0 Å². The van der Waals surface area contributed by atoms with Crippen molar-refractivity contribution in [3.05, 3.63) is 30.1 Å². The average molecular weight is 338 g/mol. The zero-order chi connectivity index (χ0) is 16.3. The molecule has 1 unspecified atom stereocenters. The Balaban J connectivity index is 1.63. The maximum Gasteiger partial charge on any atom is 0.257 e. The summed E-state index contributed by atoms with van der Waals surface area (Å²) in [5, 5.41) is 3.80. The fourth-order valence-electron chi connectivity index (χ4n) is 2.22. The Labute approximate surface area is 134 Å². The zero-order valence-electron chi connectivity index (χ0n) is 12.8. The lowest BCUT2D eigenvalue weighted by Gasteiger charge is -2.11. The molecule has 0 bridgehead atoms. The molecule has 2 heterocycles. The summed E-state index contributed by atoms with van der Waals surface area (Å²) in [6, 6.07) is 7.35. The van der Waals surface area contributed by atoms with Gasteiger partial charge in [-0.15, -0.1) is 0 Å². The average Bonchev–Trinajstić information content (AvgIpc) is 3.17. The van der Waals surface area contributed by atoms with Gasteiger partial charge in [0.05, 0.1) is 19.0 Å². The summed E-state index contributed by atoms with van der Waals surface area (Å²) in [6.07, 6.45) is 2.43. The molecule has 0 radical (unpaired) electrons. The molecule has 0 amide bonds. The highest BCUT2D eigenvalue weighted by Crippen LogP contribution is 2.23. The summed E-state index contributed by atoms with van der Waals surface area (Å²) in [6.45, 7) is 1.36. The van der Waals surface area contributed by atoms with Crippen LogP contribution in [0.2, 0.25) is 0 Å². The predicted molar refractivity (Wildman–Crippen MR) is 83.0 cm³/mol. The Kier molecular flexibility index (Phi) is 4.63. The highest BCUT2D eigenvalue weighted by atomic mass is 32.2. The van der Waals surface area contributed by atoms with Crippen molar-refractivity contribution in [3.63, 3.8) is 0 Å². The lowest BCUT2D eigenvalue weighted by molar-refractivity contribution is 0.141. The van der Waals surface area contributed by atoms with E-state index < -0.39 is 9.84 Å². The van der Waals surface area contributed by atoms with Crippen molar-refractivity contribution in [3.8, 4) is 17.2 Å². The number of rotatable bonds is 6. The minimum Gasteiger partial charge on any atom is -0.488 e. The van der Waals surface area contributed by atoms with Crippen LogP contribution in [0.5, 0.6) is 5.75 Å². The fourth-order valence-corrected chi connectivity index (χ4v) is 2.78. The first kappa shape index (κ1) is 15.9. The van der Waals surface area contributed by atoms with Crippen molar-refractivity contribution in [1.82, 2.24) is 10.1 Å². The van der Waals surface area contributed by atoms with E-state index in [0.717, 1.165) is 24.3 Å². The molecule has 0 spiro atoms. The summed E-state index contributed by atoms with van der Waals surface area (Å²) in [5.41, 5.74) is 0.762. The van der Waals surface area contributed by atoms with E-state index in [4.69, 9.17) is 14.0 Å². The maximum atomic E-state index is 11.2. The molecule has 1 aliphatic rings. The van der Waals surface area contributed by atoms with Gasteiger partial charge in [0.25, 0.3) is 5.89 Å². The molecule has 1 atom stereocenters. The highest BCUT2D eigenvalue weighted by molar-refractivity contribution is 7.90. The molecule has 8 heteroatoms. The van der Waals surface area contributed by atoms with Crippen molar-refractivity contribution in [1.29, 1.82) is 0 Å². The molecule has 1 fully saturated rings. The molecule has 3 rings (SSSR count). The standard InChI is InChI=1S/C15H18N2O5S/c1-23(18,19)9-7-14-16-15(22-17-14)11-2-4-12(5-3-11)21-13-6-8-20-10-13/h2-5,13H,6-10H2,1H3. The molecule has 1 aromatic heterocycles. The van der Waals surface area contributed by atoms with Gasteiger partial charge in [-0.3, -0.25) is 0 Å². The number of aromatic nitrogens is 2. The Morgan fingerprint density at radius 1 is 1.30 bits per heavy atom. The van der Waals surface area contributed by atoms with E-state index in [-0.39, 0.29) is 18.3 Å². The third kappa shape index (κ3) is 4.52. The van der Waals surface area contributed by atoms with Gasteiger partial charge in [0.15, 0.2) is 5.82 Å². The predicted octanol–water partition coefficient (Wildman–Crippen LogP) is 1.49. The monoisotopic (exact) mass is 338 g/mol. The molecule has 23 heavy (non-hydrogen) atoms. The summed E-state index contributed by atoms with van der Waals surface area (Å²) in [5.74, 6) is 1.52. The second-order valence-corrected chi connectivity index (χ2v) is 7.78. The van der Waals surface area contributed by atoms with Crippen LogP contribution in [0.15, 0.2) is 28.8 Å². The van der Waals surface area contributed by atoms with Crippen molar-refractivity contribution in [2.45, 2.75) is 18.9 Å². The number of aryl methyl sites for hydroxylation is 1. The summed E-state index contributed by atoms with van der Waals surface area (Å²) >= 11 is 0. The first-order valence-electron chi connectivity index (χ1n) is 7.35. The first-order chi connectivity index (χ1) is 11.0. The van der Waals surface area contributed by atoms with Gasteiger partial charge in [0, 0.05) is 24.7 Å². The van der Waals surface area contributed by atoms with Crippen molar-refractivity contribution in [2.75, 3.05) is 25.2 Å². The Morgan fingerprint density at radius 3 is 2.74 bits per heavy atom. The normalized spacial score (nSPS) is 18.2. The van der Waals surface area contributed by atoms with E-state index >= 15 is 0 Å². The Bertz CT molecular complexity index is 748. The minimum atomic E-state index is -3.04. The van der Waals surface area contributed by atoms with Gasteiger partial charge in [-0.05, 0) is 24.3 Å². The summed E-state index contributed by atoms with van der Waals surface area (Å²) in [7, 11) is -3.04. The van der Waals surface area contributed by atoms with Crippen LogP contribution in [-0.2, 0) is 21.0 Å². The van der Waals surface area contributed by atoms with E-state index in [9.17, 15) is 8.42 Å². The Hall–Kier alpha value is -1.93. The molecule has 1 saturated heterocycles. The second kappa shape index (κ2) is 6.67. The highest BCUT2D eigenvalue weighted by Gasteiger charge is 2.17. The van der Waals surface area contributed by atoms with E-state index in [1.807, 2.05) is 24.3 Å². The fraction of sp³-hybridized carbons (Fsp3) is 0.467. The number of ether oxygens (including phenoxy) is 2. The second-order valence-electron chi connectivity index (χ2n) is 5.52. The quantitative estimate of drug-likeness (QED) is 0.788. The van der Waals surface area contributed by atoms with Gasteiger partial charge in [0.1, 0.15) is 21.7 Å². The van der Waals surface area contributed by atoms with Crippen LogP contribution in [0.3, 0.4) is 0 Å². The van der Waals surface area contributed by atoms with Crippen LogP contribution in [-0.4, -0.2) is 49.9 Å².